The zero-order valence-corrected chi connectivity index (χ0v) is 16.3. The number of aromatic nitrogens is 2. The molecule has 3 heterocycles. The molecule has 1 aliphatic heterocycles. The standard InChI is InChI=1S/C18H20N4O2S2/c1-3-19-17-16-14-8-9-22(10-15(14)25-18(16)21-11-20-17)26(23,24)13-6-4-12(2)5-7-13/h4-7,11H,3,8-10H2,1-2H3,(H,19,20,21). The minimum absolute atomic E-state index is 0.348. The highest BCUT2D eigenvalue weighted by atomic mass is 32.2. The molecule has 8 heteroatoms. The smallest absolute Gasteiger partial charge is 0.243 e. The van der Waals surface area contributed by atoms with Crippen LogP contribution in [0.2, 0.25) is 0 Å². The van der Waals surface area contributed by atoms with Crippen LogP contribution in [0.1, 0.15) is 22.9 Å². The molecule has 0 bridgehead atoms. The summed E-state index contributed by atoms with van der Waals surface area (Å²) < 4.78 is 27.5. The average Bonchev–Trinajstić information content (AvgIpc) is 3.01. The quantitative estimate of drug-likeness (QED) is 0.743. The Kier molecular flexibility index (Phi) is 4.42. The monoisotopic (exact) mass is 388 g/mol. The first kappa shape index (κ1) is 17.4. The summed E-state index contributed by atoms with van der Waals surface area (Å²) in [5.74, 6) is 0.838. The van der Waals surface area contributed by atoms with Crippen molar-refractivity contribution in [2.45, 2.75) is 31.7 Å². The summed E-state index contributed by atoms with van der Waals surface area (Å²) in [6.45, 7) is 5.62. The Hall–Kier alpha value is -2.03. The lowest BCUT2D eigenvalue weighted by molar-refractivity contribution is 0.396. The Bertz CT molecular complexity index is 1060. The van der Waals surface area contributed by atoms with Crippen molar-refractivity contribution in [1.29, 1.82) is 0 Å². The fourth-order valence-corrected chi connectivity index (χ4v) is 5.96. The molecule has 0 unspecified atom stereocenters. The van der Waals surface area contributed by atoms with Gasteiger partial charge >= 0.3 is 0 Å². The number of hydrogen-bond donors (Lipinski definition) is 1. The van der Waals surface area contributed by atoms with Crippen molar-refractivity contribution >= 4 is 37.4 Å². The number of thiophene rings is 1. The van der Waals surface area contributed by atoms with E-state index in [1.165, 1.54) is 5.56 Å². The van der Waals surface area contributed by atoms with Gasteiger partial charge in [-0.1, -0.05) is 17.7 Å². The predicted octanol–water partition coefficient (Wildman–Crippen LogP) is 3.18. The number of sulfonamides is 1. The van der Waals surface area contributed by atoms with Crippen molar-refractivity contribution in [3.05, 3.63) is 46.6 Å². The summed E-state index contributed by atoms with van der Waals surface area (Å²) in [7, 11) is -3.49. The number of benzene rings is 1. The first-order valence-electron chi connectivity index (χ1n) is 8.56. The van der Waals surface area contributed by atoms with Gasteiger partial charge in [0.25, 0.3) is 0 Å². The van der Waals surface area contributed by atoms with Gasteiger partial charge in [-0.2, -0.15) is 4.31 Å². The summed E-state index contributed by atoms with van der Waals surface area (Å²) >= 11 is 1.56. The molecule has 1 N–H and O–H groups in total. The van der Waals surface area contributed by atoms with Crippen LogP contribution in [0.25, 0.3) is 10.2 Å². The van der Waals surface area contributed by atoms with Crippen LogP contribution in [0.4, 0.5) is 5.82 Å². The summed E-state index contributed by atoms with van der Waals surface area (Å²) in [6, 6.07) is 7.03. The molecule has 0 atom stereocenters. The molecule has 0 saturated carbocycles. The van der Waals surface area contributed by atoms with Crippen molar-refractivity contribution < 1.29 is 8.42 Å². The van der Waals surface area contributed by atoms with Crippen LogP contribution in [0.15, 0.2) is 35.5 Å². The molecule has 0 radical (unpaired) electrons. The molecule has 0 aliphatic carbocycles. The maximum absolute atomic E-state index is 13.0. The topological polar surface area (TPSA) is 75.2 Å². The number of aryl methyl sites for hydroxylation is 1. The van der Waals surface area contributed by atoms with Gasteiger partial charge in [0.15, 0.2) is 0 Å². The van der Waals surface area contributed by atoms with Gasteiger partial charge in [-0.15, -0.1) is 11.3 Å². The molecule has 3 aromatic rings. The Morgan fingerprint density at radius 3 is 2.73 bits per heavy atom. The number of anilines is 1. The van der Waals surface area contributed by atoms with Crippen LogP contribution in [0, 0.1) is 6.92 Å². The number of rotatable bonds is 4. The zero-order valence-electron chi connectivity index (χ0n) is 14.7. The summed E-state index contributed by atoms with van der Waals surface area (Å²) in [5.41, 5.74) is 2.22. The van der Waals surface area contributed by atoms with Gasteiger partial charge in [0, 0.05) is 24.5 Å². The Balaban J connectivity index is 1.71. The second kappa shape index (κ2) is 6.61. The van der Waals surface area contributed by atoms with Crippen LogP contribution >= 0.6 is 11.3 Å². The maximum atomic E-state index is 13.0. The van der Waals surface area contributed by atoms with Gasteiger partial charge < -0.3 is 5.32 Å². The summed E-state index contributed by atoms with van der Waals surface area (Å²) in [4.78, 5) is 11.1. The Morgan fingerprint density at radius 2 is 2.00 bits per heavy atom. The zero-order chi connectivity index (χ0) is 18.3. The van der Waals surface area contributed by atoms with Crippen LogP contribution in [-0.2, 0) is 23.0 Å². The molecule has 0 spiro atoms. The van der Waals surface area contributed by atoms with Crippen LogP contribution in [-0.4, -0.2) is 35.8 Å². The van der Waals surface area contributed by atoms with Gasteiger partial charge in [0.2, 0.25) is 10.0 Å². The maximum Gasteiger partial charge on any atom is 0.243 e. The van der Waals surface area contributed by atoms with Crippen molar-refractivity contribution in [1.82, 2.24) is 14.3 Å². The molecule has 1 aromatic carbocycles. The summed E-state index contributed by atoms with van der Waals surface area (Å²) in [5, 5.41) is 4.33. The molecule has 4 rings (SSSR count). The van der Waals surface area contributed by atoms with E-state index in [9.17, 15) is 8.42 Å². The van der Waals surface area contributed by atoms with E-state index >= 15 is 0 Å². The third kappa shape index (κ3) is 2.87. The van der Waals surface area contributed by atoms with Gasteiger partial charge in [-0.05, 0) is 38.0 Å². The highest BCUT2D eigenvalue weighted by Crippen LogP contribution is 2.38. The number of nitrogens with zero attached hydrogens (tertiary/aromatic N) is 3. The molecule has 26 heavy (non-hydrogen) atoms. The van der Waals surface area contributed by atoms with Gasteiger partial charge in [-0.25, -0.2) is 18.4 Å². The van der Waals surface area contributed by atoms with E-state index in [-0.39, 0.29) is 0 Å². The van der Waals surface area contributed by atoms with Crippen molar-refractivity contribution in [3.8, 4) is 0 Å². The molecule has 0 amide bonds. The van der Waals surface area contributed by atoms with E-state index in [2.05, 4.69) is 15.3 Å². The molecule has 0 fully saturated rings. The third-order valence-corrected chi connectivity index (χ3v) is 7.59. The van der Waals surface area contributed by atoms with Crippen LogP contribution < -0.4 is 5.32 Å². The molecular formula is C18H20N4O2S2. The summed E-state index contributed by atoms with van der Waals surface area (Å²) in [6.07, 6.45) is 2.23. The first-order valence-corrected chi connectivity index (χ1v) is 10.8. The number of nitrogens with one attached hydrogen (secondary N) is 1. The molecular weight excluding hydrogens is 368 g/mol. The molecule has 0 saturated heterocycles. The van der Waals surface area contributed by atoms with Crippen molar-refractivity contribution in [2.75, 3.05) is 18.4 Å². The lowest BCUT2D eigenvalue weighted by atomic mass is 10.1. The Labute approximate surface area is 157 Å². The van der Waals surface area contributed by atoms with Crippen molar-refractivity contribution in [2.24, 2.45) is 0 Å². The van der Waals surface area contributed by atoms with Crippen LogP contribution in [0.5, 0.6) is 0 Å². The SMILES string of the molecule is CCNc1ncnc2sc3c(c12)CCN(S(=O)(=O)c1ccc(C)cc1)C3. The second-order valence-corrected chi connectivity index (χ2v) is 9.36. The van der Waals surface area contributed by atoms with Crippen LogP contribution in [0.3, 0.4) is 0 Å². The third-order valence-electron chi connectivity index (χ3n) is 4.60. The highest BCUT2D eigenvalue weighted by Gasteiger charge is 2.31. The second-order valence-electron chi connectivity index (χ2n) is 6.34. The largest absolute Gasteiger partial charge is 0.370 e. The van der Waals surface area contributed by atoms with E-state index in [4.69, 9.17) is 0 Å². The first-order chi connectivity index (χ1) is 12.5. The lowest BCUT2D eigenvalue weighted by Gasteiger charge is -2.26. The van der Waals surface area contributed by atoms with E-state index in [0.717, 1.165) is 33.0 Å². The van der Waals surface area contributed by atoms with E-state index < -0.39 is 10.0 Å². The van der Waals surface area contributed by atoms with Gasteiger partial charge in [0.05, 0.1) is 10.3 Å². The molecule has 2 aromatic heterocycles. The van der Waals surface area contributed by atoms with E-state index in [1.807, 2.05) is 26.0 Å². The predicted molar refractivity (Wildman–Crippen MR) is 104 cm³/mol. The van der Waals surface area contributed by atoms with Gasteiger partial charge in [0.1, 0.15) is 17.0 Å². The number of fused-ring (bicyclic) bond motifs is 3. The fraction of sp³-hybridized carbons (Fsp3) is 0.333. The van der Waals surface area contributed by atoms with Gasteiger partial charge in [-0.3, -0.25) is 0 Å². The molecule has 1 aliphatic rings. The Morgan fingerprint density at radius 1 is 1.23 bits per heavy atom. The molecule has 6 nitrogen and oxygen atoms in total. The lowest BCUT2D eigenvalue weighted by Crippen LogP contribution is -2.35. The fourth-order valence-electron chi connectivity index (χ4n) is 3.27. The van der Waals surface area contributed by atoms with E-state index in [1.54, 1.807) is 34.1 Å². The molecule has 136 valence electrons. The normalized spacial score (nSPS) is 15.2. The minimum atomic E-state index is -3.49. The minimum Gasteiger partial charge on any atom is -0.370 e. The highest BCUT2D eigenvalue weighted by molar-refractivity contribution is 7.89. The average molecular weight is 389 g/mol. The van der Waals surface area contributed by atoms with E-state index in [0.29, 0.717) is 24.4 Å². The van der Waals surface area contributed by atoms with Crippen molar-refractivity contribution in [3.63, 3.8) is 0 Å². The number of hydrogen-bond acceptors (Lipinski definition) is 6.